The summed E-state index contributed by atoms with van der Waals surface area (Å²) in [6.07, 6.45) is 0. The highest BCUT2D eigenvalue weighted by atomic mass is 35.5. The zero-order valence-corrected chi connectivity index (χ0v) is 12.2. The van der Waals surface area contributed by atoms with Gasteiger partial charge in [-0.3, -0.25) is 0 Å². The van der Waals surface area contributed by atoms with E-state index in [1.165, 1.54) is 0 Å². The first-order valence-electron chi connectivity index (χ1n) is 5.53. The van der Waals surface area contributed by atoms with Gasteiger partial charge in [0.25, 0.3) is 0 Å². The Morgan fingerprint density at radius 1 is 0.889 bits per heavy atom. The summed E-state index contributed by atoms with van der Waals surface area (Å²) in [4.78, 5) is 4.20. The Labute approximate surface area is 121 Å². The fourth-order valence-corrected chi connectivity index (χ4v) is 3.56. The molecule has 0 N–H and O–H groups in total. The van der Waals surface area contributed by atoms with Crippen LogP contribution < -0.4 is 9.80 Å². The maximum absolute atomic E-state index is 6.32. The Kier molecular flexibility index (Phi) is 2.77. The second kappa shape index (κ2) is 4.09. The smallest absolute Gasteiger partial charge is 0.0898 e. The number of anilines is 2. The second-order valence-corrected chi connectivity index (χ2v) is 5.77. The number of hydrogen-bond acceptors (Lipinski definition) is 2. The van der Waals surface area contributed by atoms with Crippen molar-refractivity contribution in [1.82, 2.24) is 0 Å². The highest BCUT2D eigenvalue weighted by molar-refractivity contribution is 6.43. The van der Waals surface area contributed by atoms with Gasteiger partial charge in [0.05, 0.1) is 33.1 Å². The van der Waals surface area contributed by atoms with Crippen molar-refractivity contribution in [2.24, 2.45) is 0 Å². The lowest BCUT2D eigenvalue weighted by atomic mass is 10.0. The molecule has 1 heterocycles. The first-order chi connectivity index (χ1) is 8.50. The van der Waals surface area contributed by atoms with Crippen LogP contribution in [-0.4, -0.2) is 20.8 Å². The first kappa shape index (κ1) is 12.2. The molecule has 18 heavy (non-hydrogen) atoms. The van der Waals surface area contributed by atoms with Crippen LogP contribution in [0.2, 0.25) is 15.1 Å². The number of hydrogen-bond donors (Lipinski definition) is 0. The molecule has 0 spiro atoms. The SMILES string of the molecule is CN1CN(C)c2c(Cl)cc(Cl)c3ccc(Cl)c1c23. The molecule has 0 saturated carbocycles. The van der Waals surface area contributed by atoms with Crippen LogP contribution in [0.15, 0.2) is 18.2 Å². The highest BCUT2D eigenvalue weighted by Gasteiger charge is 2.25. The molecule has 0 radical (unpaired) electrons. The summed E-state index contributed by atoms with van der Waals surface area (Å²) in [5.74, 6) is 0. The Bertz CT molecular complexity index is 640. The molecule has 1 aliphatic heterocycles. The summed E-state index contributed by atoms with van der Waals surface area (Å²) in [6.45, 7) is 0.743. The quantitative estimate of drug-likeness (QED) is 0.699. The van der Waals surface area contributed by atoms with Crippen molar-refractivity contribution in [2.75, 3.05) is 30.6 Å². The van der Waals surface area contributed by atoms with Crippen LogP contribution in [0.25, 0.3) is 10.8 Å². The molecule has 3 rings (SSSR count). The topological polar surface area (TPSA) is 6.48 Å². The summed E-state index contributed by atoms with van der Waals surface area (Å²) < 4.78 is 0. The predicted octanol–water partition coefficient (Wildman–Crippen LogP) is 4.64. The van der Waals surface area contributed by atoms with Crippen LogP contribution in [0.3, 0.4) is 0 Å². The van der Waals surface area contributed by atoms with Gasteiger partial charge < -0.3 is 9.80 Å². The van der Waals surface area contributed by atoms with Crippen LogP contribution >= 0.6 is 34.8 Å². The van der Waals surface area contributed by atoms with E-state index in [0.29, 0.717) is 10.0 Å². The molecule has 94 valence electrons. The van der Waals surface area contributed by atoms with Crippen LogP contribution in [0.4, 0.5) is 11.4 Å². The summed E-state index contributed by atoms with van der Waals surface area (Å²) >= 11 is 18.9. The van der Waals surface area contributed by atoms with Crippen LogP contribution in [0, 0.1) is 0 Å². The van der Waals surface area contributed by atoms with Crippen molar-refractivity contribution < 1.29 is 0 Å². The highest BCUT2D eigenvalue weighted by Crippen LogP contribution is 2.47. The fraction of sp³-hybridized carbons (Fsp3) is 0.231. The summed E-state index contributed by atoms with van der Waals surface area (Å²) in [5, 5.41) is 4.04. The molecule has 0 aliphatic carbocycles. The lowest BCUT2D eigenvalue weighted by Crippen LogP contribution is -2.36. The second-order valence-electron chi connectivity index (χ2n) is 4.54. The zero-order valence-electron chi connectivity index (χ0n) is 9.97. The molecule has 2 aromatic rings. The minimum atomic E-state index is 0.653. The van der Waals surface area contributed by atoms with E-state index in [9.17, 15) is 0 Å². The molecule has 0 unspecified atom stereocenters. The maximum atomic E-state index is 6.32. The molecule has 5 heteroatoms. The van der Waals surface area contributed by atoms with Gasteiger partial charge in [0.1, 0.15) is 0 Å². The molecule has 1 aliphatic rings. The largest absolute Gasteiger partial charge is 0.355 e. The van der Waals surface area contributed by atoms with Gasteiger partial charge >= 0.3 is 0 Å². The fourth-order valence-electron chi connectivity index (χ4n) is 2.59. The molecule has 0 fully saturated rings. The first-order valence-corrected chi connectivity index (χ1v) is 6.66. The molecular formula is C13H11Cl3N2. The van der Waals surface area contributed by atoms with Crippen LogP contribution in [0.5, 0.6) is 0 Å². The van der Waals surface area contributed by atoms with Crippen molar-refractivity contribution >= 4 is 57.0 Å². The molecule has 0 atom stereocenters. The van der Waals surface area contributed by atoms with E-state index >= 15 is 0 Å². The van der Waals surface area contributed by atoms with Gasteiger partial charge in [-0.25, -0.2) is 0 Å². The van der Waals surface area contributed by atoms with Gasteiger partial charge in [-0.15, -0.1) is 0 Å². The van der Waals surface area contributed by atoms with E-state index < -0.39 is 0 Å². The lowest BCUT2D eigenvalue weighted by molar-refractivity contribution is 0.847. The molecule has 0 saturated heterocycles. The van der Waals surface area contributed by atoms with Gasteiger partial charge in [-0.2, -0.15) is 0 Å². The average molecular weight is 302 g/mol. The Hall–Kier alpha value is -0.830. The van der Waals surface area contributed by atoms with E-state index in [2.05, 4.69) is 9.80 Å². The van der Waals surface area contributed by atoms with Gasteiger partial charge in [0.2, 0.25) is 0 Å². The number of halogens is 3. The van der Waals surface area contributed by atoms with E-state index in [1.807, 2.05) is 26.2 Å². The lowest BCUT2D eigenvalue weighted by Gasteiger charge is -2.36. The van der Waals surface area contributed by atoms with Gasteiger partial charge in [-0.1, -0.05) is 40.9 Å². The maximum Gasteiger partial charge on any atom is 0.0898 e. The molecule has 0 amide bonds. The van der Waals surface area contributed by atoms with E-state index in [1.54, 1.807) is 6.07 Å². The summed E-state index contributed by atoms with van der Waals surface area (Å²) in [5.41, 5.74) is 1.98. The normalized spacial score (nSPS) is 14.5. The van der Waals surface area contributed by atoms with E-state index in [0.717, 1.165) is 33.8 Å². The molecule has 2 nitrogen and oxygen atoms in total. The van der Waals surface area contributed by atoms with Crippen LogP contribution in [-0.2, 0) is 0 Å². The van der Waals surface area contributed by atoms with Gasteiger partial charge in [-0.05, 0) is 12.1 Å². The third-order valence-corrected chi connectivity index (χ3v) is 4.20. The van der Waals surface area contributed by atoms with Crippen molar-refractivity contribution in [2.45, 2.75) is 0 Å². The molecule has 0 aromatic heterocycles. The predicted molar refractivity (Wildman–Crippen MR) is 80.7 cm³/mol. The number of nitrogens with zero attached hydrogens (tertiary/aromatic N) is 2. The third-order valence-electron chi connectivity index (χ3n) is 3.29. The van der Waals surface area contributed by atoms with E-state index in [4.69, 9.17) is 34.8 Å². The Morgan fingerprint density at radius 3 is 2.17 bits per heavy atom. The molecule has 0 bridgehead atoms. The average Bonchev–Trinajstić information content (AvgIpc) is 2.27. The monoisotopic (exact) mass is 300 g/mol. The van der Waals surface area contributed by atoms with E-state index in [-0.39, 0.29) is 0 Å². The number of rotatable bonds is 0. The minimum absolute atomic E-state index is 0.653. The van der Waals surface area contributed by atoms with Gasteiger partial charge in [0, 0.05) is 24.9 Å². The van der Waals surface area contributed by atoms with Crippen molar-refractivity contribution in [3.8, 4) is 0 Å². The van der Waals surface area contributed by atoms with Crippen molar-refractivity contribution in [3.63, 3.8) is 0 Å². The Morgan fingerprint density at radius 2 is 1.50 bits per heavy atom. The zero-order chi connectivity index (χ0) is 13.0. The van der Waals surface area contributed by atoms with Crippen LogP contribution in [0.1, 0.15) is 0 Å². The summed E-state index contributed by atoms with van der Waals surface area (Å²) in [7, 11) is 4.02. The summed E-state index contributed by atoms with van der Waals surface area (Å²) in [6, 6.07) is 5.61. The van der Waals surface area contributed by atoms with Crippen molar-refractivity contribution in [3.05, 3.63) is 33.3 Å². The standard InChI is InChI=1S/C13H11Cl3N2/c1-17-6-18(2)13-10(16)5-9(15)7-3-4-8(14)12(17)11(7)13/h3-5H,6H2,1-2H3. The Balaban J connectivity index is 2.56. The molecule has 2 aromatic carbocycles. The third kappa shape index (κ3) is 1.56. The van der Waals surface area contributed by atoms with Crippen molar-refractivity contribution in [1.29, 1.82) is 0 Å². The molecular weight excluding hydrogens is 291 g/mol. The minimum Gasteiger partial charge on any atom is -0.355 e. The van der Waals surface area contributed by atoms with Gasteiger partial charge in [0.15, 0.2) is 0 Å². The number of benzene rings is 2.